The molecule has 0 unspecified atom stereocenters. The molecule has 1 amide bonds. The molecule has 7 heteroatoms. The molecule has 0 bridgehead atoms. The Labute approximate surface area is 202 Å². The van der Waals surface area contributed by atoms with E-state index in [9.17, 15) is 13.2 Å². The van der Waals surface area contributed by atoms with Gasteiger partial charge in [-0.15, -0.1) is 0 Å². The van der Waals surface area contributed by atoms with Crippen molar-refractivity contribution in [2.24, 2.45) is 5.10 Å². The molecule has 0 fully saturated rings. The molecule has 0 heterocycles. The number of amides is 1. The normalized spacial score (nSPS) is 11.7. The maximum Gasteiger partial charge on any atom is 0.264 e. The van der Waals surface area contributed by atoms with E-state index in [2.05, 4.69) is 24.4 Å². The van der Waals surface area contributed by atoms with Crippen LogP contribution in [0.3, 0.4) is 0 Å². The molecule has 6 nitrogen and oxygen atoms in total. The minimum atomic E-state index is -3.97. The van der Waals surface area contributed by atoms with Crippen LogP contribution in [0.25, 0.3) is 0 Å². The van der Waals surface area contributed by atoms with E-state index in [4.69, 9.17) is 0 Å². The van der Waals surface area contributed by atoms with Crippen molar-refractivity contribution in [3.63, 3.8) is 0 Å². The van der Waals surface area contributed by atoms with Crippen LogP contribution in [-0.2, 0) is 14.8 Å². The molecule has 178 valence electrons. The van der Waals surface area contributed by atoms with Crippen LogP contribution in [-0.4, -0.2) is 27.1 Å². The van der Waals surface area contributed by atoms with Gasteiger partial charge in [-0.1, -0.05) is 61.9 Å². The van der Waals surface area contributed by atoms with Gasteiger partial charge in [0.15, 0.2) is 0 Å². The minimum absolute atomic E-state index is 0.123. The van der Waals surface area contributed by atoms with Crippen molar-refractivity contribution in [3.8, 4) is 0 Å². The highest BCUT2D eigenvalue weighted by Gasteiger charge is 2.27. The van der Waals surface area contributed by atoms with Crippen molar-refractivity contribution in [2.75, 3.05) is 10.8 Å². The molecule has 3 rings (SSSR count). The summed E-state index contributed by atoms with van der Waals surface area (Å²) in [5.41, 5.74) is 7.85. The van der Waals surface area contributed by atoms with Gasteiger partial charge in [-0.2, -0.15) is 5.10 Å². The minimum Gasteiger partial charge on any atom is -0.271 e. The van der Waals surface area contributed by atoms with Gasteiger partial charge in [0.05, 0.1) is 16.8 Å². The van der Waals surface area contributed by atoms with Gasteiger partial charge < -0.3 is 0 Å². The van der Waals surface area contributed by atoms with E-state index in [1.54, 1.807) is 36.4 Å². The number of hydrogen-bond donors (Lipinski definition) is 1. The quantitative estimate of drug-likeness (QED) is 0.363. The van der Waals surface area contributed by atoms with Gasteiger partial charge >= 0.3 is 0 Å². The van der Waals surface area contributed by atoms with Crippen molar-refractivity contribution < 1.29 is 13.2 Å². The zero-order valence-electron chi connectivity index (χ0n) is 20.2. The summed E-state index contributed by atoms with van der Waals surface area (Å²) in [5.74, 6) is -0.110. The van der Waals surface area contributed by atoms with Gasteiger partial charge in [0, 0.05) is 0 Å². The van der Waals surface area contributed by atoms with Crippen molar-refractivity contribution in [1.82, 2.24) is 5.43 Å². The van der Waals surface area contributed by atoms with Crippen LogP contribution in [0.4, 0.5) is 5.69 Å². The Hall–Kier alpha value is -3.45. The van der Waals surface area contributed by atoms with Crippen LogP contribution in [0.5, 0.6) is 0 Å². The maximum atomic E-state index is 13.5. The molecule has 0 atom stereocenters. The van der Waals surface area contributed by atoms with E-state index in [-0.39, 0.29) is 4.90 Å². The number of hydrogen-bond acceptors (Lipinski definition) is 4. The fraction of sp³-hybridized carbons (Fsp3) is 0.259. The number of carbonyl (C=O) groups is 1. The number of nitrogens with one attached hydrogen (secondary N) is 1. The SMILES string of the molecule is Cc1ccc(S(=O)(=O)N(CC(=O)N/N=C\c2ccc(C(C)C)cc2)c2ccc(C)c(C)c2)cc1. The van der Waals surface area contributed by atoms with E-state index >= 15 is 0 Å². The molecule has 0 aromatic heterocycles. The van der Waals surface area contributed by atoms with Gasteiger partial charge in [-0.25, -0.2) is 13.8 Å². The first-order valence-electron chi connectivity index (χ1n) is 11.2. The van der Waals surface area contributed by atoms with Crippen LogP contribution in [0.2, 0.25) is 0 Å². The molecule has 0 radical (unpaired) electrons. The van der Waals surface area contributed by atoms with E-state index in [1.165, 1.54) is 11.8 Å². The summed E-state index contributed by atoms with van der Waals surface area (Å²) in [7, 11) is -3.97. The van der Waals surface area contributed by atoms with E-state index < -0.39 is 22.5 Å². The van der Waals surface area contributed by atoms with Crippen molar-refractivity contribution in [2.45, 2.75) is 45.4 Å². The summed E-state index contributed by atoms with van der Waals surface area (Å²) in [5, 5.41) is 4.01. The van der Waals surface area contributed by atoms with Crippen LogP contribution >= 0.6 is 0 Å². The summed E-state index contributed by atoms with van der Waals surface area (Å²) in [6.07, 6.45) is 1.54. The third-order valence-electron chi connectivity index (χ3n) is 5.68. The third-order valence-corrected chi connectivity index (χ3v) is 7.47. The predicted molar refractivity (Wildman–Crippen MR) is 138 cm³/mol. The molecule has 0 aliphatic heterocycles. The first kappa shape index (κ1) is 25.2. The average Bonchev–Trinajstić information content (AvgIpc) is 2.80. The highest BCUT2D eigenvalue weighted by atomic mass is 32.2. The summed E-state index contributed by atoms with van der Waals surface area (Å²) in [4.78, 5) is 12.8. The molecular weight excluding hydrogens is 446 g/mol. The number of sulfonamides is 1. The standard InChI is InChI=1S/C27H31N3O3S/c1-19(2)24-11-9-23(10-12-24)17-28-29-27(31)18-30(25-13-8-21(4)22(5)16-25)34(32,33)26-14-6-20(3)7-15-26/h6-17,19H,18H2,1-5H3,(H,29,31)/b28-17-. The summed E-state index contributed by atoms with van der Waals surface area (Å²) in [6.45, 7) is 9.59. The fourth-order valence-corrected chi connectivity index (χ4v) is 4.76. The average molecular weight is 478 g/mol. The molecule has 34 heavy (non-hydrogen) atoms. The fourth-order valence-electron chi connectivity index (χ4n) is 3.34. The van der Waals surface area contributed by atoms with Crippen LogP contribution in [0, 0.1) is 20.8 Å². The lowest BCUT2D eigenvalue weighted by atomic mass is 10.0. The lowest BCUT2D eigenvalue weighted by Gasteiger charge is -2.24. The maximum absolute atomic E-state index is 13.5. The number of hydrazone groups is 1. The number of benzene rings is 3. The number of carbonyl (C=O) groups excluding carboxylic acids is 1. The van der Waals surface area contributed by atoms with Gasteiger partial charge in [-0.3, -0.25) is 9.10 Å². The smallest absolute Gasteiger partial charge is 0.264 e. The van der Waals surface area contributed by atoms with Gasteiger partial charge in [0.2, 0.25) is 0 Å². The van der Waals surface area contributed by atoms with Gasteiger partial charge in [0.25, 0.3) is 15.9 Å². The van der Waals surface area contributed by atoms with E-state index in [1.807, 2.05) is 51.1 Å². The molecule has 0 saturated heterocycles. The highest BCUT2D eigenvalue weighted by molar-refractivity contribution is 7.92. The second kappa shape index (κ2) is 10.7. The van der Waals surface area contributed by atoms with Crippen molar-refractivity contribution in [1.29, 1.82) is 0 Å². The first-order valence-corrected chi connectivity index (χ1v) is 12.6. The Bertz CT molecular complexity index is 1280. The van der Waals surface area contributed by atoms with Crippen molar-refractivity contribution in [3.05, 3.63) is 94.5 Å². The lowest BCUT2D eigenvalue weighted by Crippen LogP contribution is -2.39. The Balaban J connectivity index is 1.82. The Morgan fingerprint density at radius 1 is 0.941 bits per heavy atom. The third kappa shape index (κ3) is 6.11. The first-order chi connectivity index (χ1) is 16.1. The van der Waals surface area contributed by atoms with Crippen LogP contribution in [0.15, 0.2) is 76.7 Å². The zero-order valence-corrected chi connectivity index (χ0v) is 21.1. The molecule has 0 saturated carbocycles. The largest absolute Gasteiger partial charge is 0.271 e. The predicted octanol–water partition coefficient (Wildman–Crippen LogP) is 5.08. The highest BCUT2D eigenvalue weighted by Crippen LogP contribution is 2.26. The summed E-state index contributed by atoms with van der Waals surface area (Å²) in [6, 6.07) is 19.8. The number of aryl methyl sites for hydroxylation is 3. The van der Waals surface area contributed by atoms with Crippen molar-refractivity contribution >= 4 is 27.8 Å². The van der Waals surface area contributed by atoms with Gasteiger partial charge in [-0.05, 0) is 73.2 Å². The Kier molecular flexibility index (Phi) is 7.89. The Morgan fingerprint density at radius 3 is 2.18 bits per heavy atom. The molecule has 0 aliphatic carbocycles. The number of nitrogens with zero attached hydrogens (tertiary/aromatic N) is 2. The molecule has 3 aromatic carbocycles. The Morgan fingerprint density at radius 2 is 1.59 bits per heavy atom. The lowest BCUT2D eigenvalue weighted by molar-refractivity contribution is -0.119. The van der Waals surface area contributed by atoms with Gasteiger partial charge in [0.1, 0.15) is 6.54 Å². The summed E-state index contributed by atoms with van der Waals surface area (Å²) >= 11 is 0. The molecule has 0 aliphatic rings. The topological polar surface area (TPSA) is 78.8 Å². The van der Waals surface area contributed by atoms with E-state index in [0.717, 1.165) is 26.6 Å². The summed E-state index contributed by atoms with van der Waals surface area (Å²) < 4.78 is 28.0. The van der Waals surface area contributed by atoms with E-state index in [0.29, 0.717) is 11.6 Å². The molecular formula is C27H31N3O3S. The van der Waals surface area contributed by atoms with Crippen LogP contribution in [0.1, 0.15) is 47.6 Å². The number of rotatable bonds is 8. The molecule has 3 aromatic rings. The molecule has 1 N–H and O–H groups in total. The van der Waals surface area contributed by atoms with Crippen LogP contribution < -0.4 is 9.73 Å². The number of anilines is 1. The molecule has 0 spiro atoms. The second-order valence-electron chi connectivity index (χ2n) is 8.71. The zero-order chi connectivity index (χ0) is 24.9. The monoisotopic (exact) mass is 477 g/mol. The second-order valence-corrected chi connectivity index (χ2v) is 10.6.